The van der Waals surface area contributed by atoms with Gasteiger partial charge in [0.05, 0.1) is 6.42 Å². The average molecular weight is 136 g/mol. The van der Waals surface area contributed by atoms with E-state index >= 15 is 0 Å². The molecule has 0 spiro atoms. The molecule has 1 fully saturated rings. The lowest BCUT2D eigenvalue weighted by atomic mass is 9.95. The maximum Gasteiger partial charge on any atom is 0.242 e. The van der Waals surface area contributed by atoms with Gasteiger partial charge in [0.15, 0.2) is 0 Å². The molecule has 0 aliphatic carbocycles. The van der Waals surface area contributed by atoms with E-state index in [1.165, 1.54) is 25.0 Å². The van der Waals surface area contributed by atoms with Crippen molar-refractivity contribution in [3.8, 4) is 0 Å². The van der Waals surface area contributed by atoms with Gasteiger partial charge in [0, 0.05) is 16.6 Å². The predicted molar refractivity (Wildman–Crippen MR) is 41.9 cm³/mol. The fraction of sp³-hybridized carbons (Fsp3) is 0.625. The first kappa shape index (κ1) is 6.10. The molecule has 10 heavy (non-hydrogen) atoms. The van der Waals surface area contributed by atoms with Crippen LogP contribution in [0.3, 0.4) is 0 Å². The Morgan fingerprint density at radius 2 is 2.60 bits per heavy atom. The monoisotopic (exact) mass is 136 g/mol. The molecule has 0 aromatic rings. The summed E-state index contributed by atoms with van der Waals surface area (Å²) in [5.74, 6) is 0. The molecule has 1 unspecified atom stereocenters. The zero-order chi connectivity index (χ0) is 6.81. The van der Waals surface area contributed by atoms with E-state index in [1.807, 2.05) is 12.4 Å². The fourth-order valence-corrected chi connectivity index (χ4v) is 1.58. The Hall–Kier alpha value is -0.630. The topological polar surface area (TPSA) is 26.1 Å². The SMILES string of the molecule is C1=[N+]C=C2CCCNC2C1. The highest BCUT2D eigenvalue weighted by Crippen LogP contribution is 2.17. The van der Waals surface area contributed by atoms with Gasteiger partial charge in [-0.15, -0.1) is 0 Å². The summed E-state index contributed by atoms with van der Waals surface area (Å²) in [6.45, 7) is 1.18. The molecule has 53 valence electrons. The second-order valence-corrected chi connectivity index (χ2v) is 2.88. The van der Waals surface area contributed by atoms with Crippen LogP contribution in [-0.2, 0) is 0 Å². The highest BCUT2D eigenvalue weighted by atomic mass is 14.9. The standard InChI is InChI=1S/C8H12N2/c1-2-7-6-9-5-3-8(7)10-4-1/h5-6,8,10H,1-4H2/q+1. The van der Waals surface area contributed by atoms with E-state index in [2.05, 4.69) is 10.3 Å². The van der Waals surface area contributed by atoms with Crippen LogP contribution in [0.2, 0.25) is 0 Å². The number of hydrogen-bond donors (Lipinski definition) is 1. The van der Waals surface area contributed by atoms with Gasteiger partial charge in [-0.2, -0.15) is 0 Å². The lowest BCUT2D eigenvalue weighted by molar-refractivity contribution is 0.495. The van der Waals surface area contributed by atoms with Gasteiger partial charge in [0.25, 0.3) is 0 Å². The van der Waals surface area contributed by atoms with Crippen LogP contribution in [0.4, 0.5) is 0 Å². The lowest BCUT2D eigenvalue weighted by Crippen LogP contribution is -2.38. The molecule has 2 heterocycles. The van der Waals surface area contributed by atoms with Gasteiger partial charge >= 0.3 is 0 Å². The lowest BCUT2D eigenvalue weighted by Gasteiger charge is -2.23. The molecule has 2 heteroatoms. The minimum absolute atomic E-state index is 0.617. The Morgan fingerprint density at radius 1 is 1.60 bits per heavy atom. The zero-order valence-electron chi connectivity index (χ0n) is 6.01. The van der Waals surface area contributed by atoms with Crippen LogP contribution in [0, 0.1) is 0 Å². The summed E-state index contributed by atoms with van der Waals surface area (Å²) in [7, 11) is 0. The molecule has 0 aromatic heterocycles. The molecule has 1 radical (unpaired) electrons. The number of aliphatic imine (C=N–C) groups is 1. The molecule has 2 rings (SSSR count). The summed E-state index contributed by atoms with van der Waals surface area (Å²) in [4.78, 5) is 4.13. The summed E-state index contributed by atoms with van der Waals surface area (Å²) in [5, 5.41) is 3.46. The molecule has 1 atom stereocenters. The Morgan fingerprint density at radius 3 is 3.50 bits per heavy atom. The largest absolute Gasteiger partial charge is 0.310 e. The van der Waals surface area contributed by atoms with Gasteiger partial charge in [-0.3, -0.25) is 0 Å². The number of nitrogens with zero attached hydrogens (tertiary/aromatic N) is 1. The maximum absolute atomic E-state index is 4.13. The van der Waals surface area contributed by atoms with Crippen LogP contribution in [0.15, 0.2) is 11.8 Å². The second kappa shape index (κ2) is 2.54. The second-order valence-electron chi connectivity index (χ2n) is 2.88. The molecule has 0 amide bonds. The highest BCUT2D eigenvalue weighted by molar-refractivity contribution is 5.60. The third kappa shape index (κ3) is 0.991. The first-order valence-electron chi connectivity index (χ1n) is 3.91. The third-order valence-electron chi connectivity index (χ3n) is 2.17. The van der Waals surface area contributed by atoms with Crippen molar-refractivity contribution < 1.29 is 0 Å². The maximum atomic E-state index is 4.13. The van der Waals surface area contributed by atoms with E-state index < -0.39 is 0 Å². The first-order chi connectivity index (χ1) is 4.97. The molecule has 1 N–H and O–H groups in total. The molecular formula is C8H12N2+. The summed E-state index contributed by atoms with van der Waals surface area (Å²) in [6, 6.07) is 0.617. The summed E-state index contributed by atoms with van der Waals surface area (Å²) >= 11 is 0. The molecular weight excluding hydrogens is 124 g/mol. The first-order valence-corrected chi connectivity index (χ1v) is 3.91. The van der Waals surface area contributed by atoms with E-state index in [1.54, 1.807) is 0 Å². The Kier molecular flexibility index (Phi) is 1.55. The number of rotatable bonds is 0. The smallest absolute Gasteiger partial charge is 0.242 e. The van der Waals surface area contributed by atoms with Crippen molar-refractivity contribution >= 4 is 6.21 Å². The molecule has 2 aliphatic rings. The van der Waals surface area contributed by atoms with Crippen LogP contribution in [0.1, 0.15) is 19.3 Å². The van der Waals surface area contributed by atoms with E-state index in [0.717, 1.165) is 6.42 Å². The number of piperidine rings is 1. The minimum atomic E-state index is 0.617. The number of nitrogens with one attached hydrogen (secondary N) is 1. The van der Waals surface area contributed by atoms with E-state index in [-0.39, 0.29) is 0 Å². The van der Waals surface area contributed by atoms with Gasteiger partial charge in [0.1, 0.15) is 0 Å². The quantitative estimate of drug-likeness (QED) is 0.513. The highest BCUT2D eigenvalue weighted by Gasteiger charge is 2.23. The van der Waals surface area contributed by atoms with Gasteiger partial charge < -0.3 is 5.32 Å². The molecule has 2 nitrogen and oxygen atoms in total. The predicted octanol–water partition coefficient (Wildman–Crippen LogP) is 0.433. The van der Waals surface area contributed by atoms with Crippen LogP contribution >= 0.6 is 0 Å². The number of fused-ring (bicyclic) bond motifs is 1. The number of hydrogen-bond acceptors (Lipinski definition) is 2. The fourth-order valence-electron chi connectivity index (χ4n) is 1.58. The van der Waals surface area contributed by atoms with Crippen molar-refractivity contribution in [1.29, 1.82) is 0 Å². The average Bonchev–Trinajstić information content (AvgIpc) is 2.05. The van der Waals surface area contributed by atoms with Crippen molar-refractivity contribution in [3.05, 3.63) is 11.8 Å². The van der Waals surface area contributed by atoms with Gasteiger partial charge in [-0.25, -0.2) is 0 Å². The van der Waals surface area contributed by atoms with Gasteiger partial charge in [0.2, 0.25) is 12.4 Å². The van der Waals surface area contributed by atoms with Crippen molar-refractivity contribution in [2.45, 2.75) is 25.3 Å². The van der Waals surface area contributed by atoms with Crippen molar-refractivity contribution in [2.75, 3.05) is 6.54 Å². The van der Waals surface area contributed by atoms with Crippen molar-refractivity contribution in [3.63, 3.8) is 0 Å². The van der Waals surface area contributed by atoms with E-state index in [4.69, 9.17) is 0 Å². The van der Waals surface area contributed by atoms with Crippen LogP contribution in [0.25, 0.3) is 0 Å². The molecule has 2 aliphatic heterocycles. The van der Waals surface area contributed by atoms with Crippen LogP contribution in [-0.4, -0.2) is 18.8 Å². The van der Waals surface area contributed by atoms with E-state index in [0.29, 0.717) is 6.04 Å². The van der Waals surface area contributed by atoms with Gasteiger partial charge in [-0.1, -0.05) is 0 Å². The van der Waals surface area contributed by atoms with Crippen molar-refractivity contribution in [1.82, 2.24) is 10.3 Å². The Bertz CT molecular complexity index is 182. The summed E-state index contributed by atoms with van der Waals surface area (Å²) in [6.07, 6.45) is 7.62. The Balaban J connectivity index is 2.14. The summed E-state index contributed by atoms with van der Waals surface area (Å²) < 4.78 is 0. The zero-order valence-corrected chi connectivity index (χ0v) is 6.01. The Labute approximate surface area is 61.0 Å². The third-order valence-corrected chi connectivity index (χ3v) is 2.17. The van der Waals surface area contributed by atoms with Gasteiger partial charge in [-0.05, 0) is 19.4 Å². The molecule has 0 aromatic carbocycles. The van der Waals surface area contributed by atoms with E-state index in [9.17, 15) is 0 Å². The molecule has 0 saturated carbocycles. The minimum Gasteiger partial charge on any atom is -0.310 e. The van der Waals surface area contributed by atoms with Crippen LogP contribution in [0.5, 0.6) is 0 Å². The summed E-state index contributed by atoms with van der Waals surface area (Å²) in [5.41, 5.74) is 1.49. The molecule has 0 bridgehead atoms. The molecule has 1 saturated heterocycles. The van der Waals surface area contributed by atoms with Crippen molar-refractivity contribution in [2.24, 2.45) is 0 Å². The van der Waals surface area contributed by atoms with Crippen LogP contribution < -0.4 is 10.3 Å². The normalized spacial score (nSPS) is 31.2.